The second-order valence-electron chi connectivity index (χ2n) is 9.56. The Hall–Kier alpha value is -1.65. The van der Waals surface area contributed by atoms with Crippen molar-refractivity contribution in [3.63, 3.8) is 0 Å². The molecule has 1 N–H and O–H groups in total. The second kappa shape index (κ2) is 9.01. The van der Waals surface area contributed by atoms with Crippen LogP contribution in [0, 0.1) is 11.8 Å². The van der Waals surface area contributed by atoms with Crippen molar-refractivity contribution in [1.29, 1.82) is 0 Å². The number of fused-ring (bicyclic) bond motifs is 1. The van der Waals surface area contributed by atoms with Crippen LogP contribution in [0.5, 0.6) is 0 Å². The molecule has 1 atom stereocenters. The topological polar surface area (TPSA) is 35.2 Å². The lowest BCUT2D eigenvalue weighted by atomic mass is 9.82. The Morgan fingerprint density at radius 3 is 2.52 bits per heavy atom. The Labute approximate surface area is 175 Å². The van der Waals surface area contributed by atoms with Crippen LogP contribution in [0.4, 0.5) is 0 Å². The molecule has 1 aromatic heterocycles. The van der Waals surface area contributed by atoms with Crippen LogP contribution in [-0.4, -0.2) is 45.9 Å². The third-order valence-corrected chi connectivity index (χ3v) is 7.62. The molecule has 1 saturated carbocycles. The van der Waals surface area contributed by atoms with Gasteiger partial charge in [0.2, 0.25) is 0 Å². The minimum Gasteiger partial charge on any atom is -0.348 e. The molecule has 0 spiro atoms. The molecule has 1 aromatic carbocycles. The van der Waals surface area contributed by atoms with Crippen molar-refractivity contribution < 1.29 is 0 Å². The van der Waals surface area contributed by atoms with E-state index in [1.54, 1.807) is 0 Å². The summed E-state index contributed by atoms with van der Waals surface area (Å²) in [4.78, 5) is 13.7. The summed E-state index contributed by atoms with van der Waals surface area (Å²) in [6.07, 6.45) is 12.9. The van der Waals surface area contributed by atoms with Crippen LogP contribution >= 0.6 is 0 Å². The second-order valence-corrected chi connectivity index (χ2v) is 9.56. The van der Waals surface area contributed by atoms with E-state index in [1.165, 1.54) is 81.5 Å². The molecular weight excluding hydrogens is 356 g/mol. The molecule has 1 saturated heterocycles. The minimum absolute atomic E-state index is 0.474. The summed E-state index contributed by atoms with van der Waals surface area (Å²) >= 11 is 0. The third kappa shape index (κ3) is 4.44. The number of likely N-dealkylation sites (tertiary alicyclic amines) is 1. The average molecular weight is 393 g/mol. The van der Waals surface area contributed by atoms with E-state index in [4.69, 9.17) is 4.98 Å². The van der Waals surface area contributed by atoms with Gasteiger partial charge in [-0.2, -0.15) is 0 Å². The summed E-state index contributed by atoms with van der Waals surface area (Å²) in [5, 5.41) is 0. The van der Waals surface area contributed by atoms with Crippen molar-refractivity contribution in [2.45, 2.75) is 64.0 Å². The van der Waals surface area contributed by atoms with E-state index in [-0.39, 0.29) is 0 Å². The Morgan fingerprint density at radius 1 is 0.931 bits per heavy atom. The summed E-state index contributed by atoms with van der Waals surface area (Å²) in [6, 6.07) is 11.5. The van der Waals surface area contributed by atoms with E-state index in [0.717, 1.165) is 31.3 Å². The highest BCUT2D eigenvalue weighted by Gasteiger charge is 2.37. The summed E-state index contributed by atoms with van der Waals surface area (Å²) in [6.45, 7) is 6.07. The number of nitrogens with zero attached hydrogens (tertiary/aromatic N) is 3. The van der Waals surface area contributed by atoms with Gasteiger partial charge >= 0.3 is 0 Å². The Kier molecular flexibility index (Phi) is 6.00. The smallest absolute Gasteiger partial charge is 0.0925 e. The van der Waals surface area contributed by atoms with E-state index < -0.39 is 0 Å². The quantitative estimate of drug-likeness (QED) is 0.794. The van der Waals surface area contributed by atoms with Crippen LogP contribution in [-0.2, 0) is 13.0 Å². The molecule has 2 fully saturated rings. The average Bonchev–Trinajstić information content (AvgIpc) is 3.25. The minimum atomic E-state index is 0.474. The molecule has 0 amide bonds. The summed E-state index contributed by atoms with van der Waals surface area (Å²) in [5.41, 5.74) is 4.13. The third-order valence-electron chi connectivity index (χ3n) is 7.62. The number of aromatic nitrogens is 2. The fourth-order valence-electron chi connectivity index (χ4n) is 6.06. The van der Waals surface area contributed by atoms with Crippen LogP contribution in [0.2, 0.25) is 0 Å². The van der Waals surface area contributed by atoms with Crippen LogP contribution in [0.3, 0.4) is 0 Å². The first-order valence-corrected chi connectivity index (χ1v) is 11.9. The lowest BCUT2D eigenvalue weighted by Crippen LogP contribution is -2.44. The number of rotatable bonds is 5. The van der Waals surface area contributed by atoms with Gasteiger partial charge in [-0.05, 0) is 56.2 Å². The lowest BCUT2D eigenvalue weighted by molar-refractivity contribution is 0.0638. The SMILES string of the molecule is c1ccc(CN2CCc3[nH]cnc3C2C2CCN(CC3CCCCC3)CC2)cc1. The van der Waals surface area contributed by atoms with Gasteiger partial charge in [-0.1, -0.05) is 49.6 Å². The van der Waals surface area contributed by atoms with Gasteiger partial charge in [0.05, 0.1) is 18.1 Å². The monoisotopic (exact) mass is 392 g/mol. The van der Waals surface area contributed by atoms with Gasteiger partial charge in [0, 0.05) is 31.7 Å². The van der Waals surface area contributed by atoms with Crippen molar-refractivity contribution in [3.8, 4) is 0 Å². The molecule has 0 radical (unpaired) electrons. The molecule has 156 valence electrons. The molecule has 5 rings (SSSR count). The molecule has 4 heteroatoms. The Bertz CT molecular complexity index is 756. The van der Waals surface area contributed by atoms with Crippen molar-refractivity contribution >= 4 is 0 Å². The van der Waals surface area contributed by atoms with Gasteiger partial charge in [-0.3, -0.25) is 4.90 Å². The normalized spacial score (nSPS) is 25.2. The fraction of sp³-hybridized carbons (Fsp3) is 0.640. The Balaban J connectivity index is 1.26. The molecule has 1 aliphatic carbocycles. The van der Waals surface area contributed by atoms with E-state index in [0.29, 0.717) is 6.04 Å². The first-order chi connectivity index (χ1) is 14.4. The molecule has 1 unspecified atom stereocenters. The van der Waals surface area contributed by atoms with Crippen molar-refractivity contribution in [2.24, 2.45) is 11.8 Å². The van der Waals surface area contributed by atoms with E-state index in [9.17, 15) is 0 Å². The number of nitrogens with one attached hydrogen (secondary N) is 1. The standard InChI is InChI=1S/C25H36N4/c1-3-7-20(8-4-1)17-28-14-11-22(12-15-28)25-24-23(26-19-27-24)13-16-29(25)18-21-9-5-2-6-10-21/h2,5-6,9-10,19-20,22,25H,1,3-4,7-8,11-18H2,(H,26,27). The van der Waals surface area contributed by atoms with Crippen LogP contribution in [0.1, 0.15) is 67.9 Å². The predicted molar refractivity (Wildman–Crippen MR) is 118 cm³/mol. The van der Waals surface area contributed by atoms with Gasteiger partial charge in [0.15, 0.2) is 0 Å². The predicted octanol–water partition coefficient (Wildman–Crippen LogP) is 4.80. The van der Waals surface area contributed by atoms with Gasteiger partial charge < -0.3 is 9.88 Å². The highest BCUT2D eigenvalue weighted by Crippen LogP contribution is 2.39. The number of H-pyrrole nitrogens is 1. The first-order valence-electron chi connectivity index (χ1n) is 11.9. The number of benzene rings is 1. The number of imidazole rings is 1. The highest BCUT2D eigenvalue weighted by molar-refractivity contribution is 5.22. The van der Waals surface area contributed by atoms with E-state index in [2.05, 4.69) is 45.1 Å². The molecule has 3 aliphatic rings. The zero-order valence-electron chi connectivity index (χ0n) is 17.7. The van der Waals surface area contributed by atoms with Crippen molar-refractivity contribution in [3.05, 3.63) is 53.6 Å². The van der Waals surface area contributed by atoms with Gasteiger partial charge in [-0.25, -0.2) is 4.98 Å². The zero-order valence-corrected chi connectivity index (χ0v) is 17.7. The Morgan fingerprint density at radius 2 is 1.72 bits per heavy atom. The molecule has 2 aliphatic heterocycles. The maximum absolute atomic E-state index is 4.81. The molecule has 3 heterocycles. The molecule has 0 bridgehead atoms. The summed E-state index contributed by atoms with van der Waals surface area (Å²) < 4.78 is 0. The number of hydrogen-bond acceptors (Lipinski definition) is 3. The van der Waals surface area contributed by atoms with Crippen molar-refractivity contribution in [2.75, 3.05) is 26.2 Å². The molecular formula is C25H36N4. The van der Waals surface area contributed by atoms with Gasteiger partial charge in [-0.15, -0.1) is 0 Å². The van der Waals surface area contributed by atoms with Gasteiger partial charge in [0.25, 0.3) is 0 Å². The maximum Gasteiger partial charge on any atom is 0.0925 e. The largest absolute Gasteiger partial charge is 0.348 e. The van der Waals surface area contributed by atoms with Gasteiger partial charge in [0.1, 0.15) is 0 Å². The van der Waals surface area contributed by atoms with Crippen LogP contribution in [0.25, 0.3) is 0 Å². The number of piperidine rings is 1. The van der Waals surface area contributed by atoms with E-state index in [1.807, 2.05) is 6.33 Å². The molecule has 2 aromatic rings. The fourth-order valence-corrected chi connectivity index (χ4v) is 6.06. The molecule has 29 heavy (non-hydrogen) atoms. The first kappa shape index (κ1) is 19.3. The van der Waals surface area contributed by atoms with Crippen molar-refractivity contribution in [1.82, 2.24) is 19.8 Å². The van der Waals surface area contributed by atoms with Crippen LogP contribution < -0.4 is 0 Å². The summed E-state index contributed by atoms with van der Waals surface area (Å²) in [7, 11) is 0. The van der Waals surface area contributed by atoms with Crippen LogP contribution in [0.15, 0.2) is 36.7 Å². The summed E-state index contributed by atoms with van der Waals surface area (Å²) in [5.74, 6) is 1.69. The highest BCUT2D eigenvalue weighted by atomic mass is 15.2. The number of aromatic amines is 1. The molecule has 4 nitrogen and oxygen atoms in total. The maximum atomic E-state index is 4.81. The lowest BCUT2D eigenvalue weighted by Gasteiger charge is -2.43. The number of hydrogen-bond donors (Lipinski definition) is 1. The van der Waals surface area contributed by atoms with E-state index >= 15 is 0 Å². The zero-order chi connectivity index (χ0) is 19.5.